The summed E-state index contributed by atoms with van der Waals surface area (Å²) in [5.74, 6) is -0.129. The molecule has 0 aromatic heterocycles. The highest BCUT2D eigenvalue weighted by atomic mass is 16.1. The van der Waals surface area contributed by atoms with E-state index in [4.69, 9.17) is 5.73 Å². The van der Waals surface area contributed by atoms with Crippen molar-refractivity contribution in [3.8, 4) is 0 Å². The van der Waals surface area contributed by atoms with Gasteiger partial charge in [-0.3, -0.25) is 4.79 Å². The molecule has 0 aliphatic heterocycles. The van der Waals surface area contributed by atoms with Crippen molar-refractivity contribution >= 4 is 23.0 Å². The lowest BCUT2D eigenvalue weighted by atomic mass is 9.87. The third-order valence-corrected chi connectivity index (χ3v) is 4.40. The Hall–Kier alpha value is -2.49. The number of carbonyl (C=O) groups is 1. The Kier molecular flexibility index (Phi) is 5.73. The second-order valence-corrected chi connectivity index (χ2v) is 7.23. The Balaban J connectivity index is 2.14. The Morgan fingerprint density at radius 1 is 1.04 bits per heavy atom. The van der Waals surface area contributed by atoms with E-state index < -0.39 is 0 Å². The van der Waals surface area contributed by atoms with E-state index in [9.17, 15) is 4.79 Å². The van der Waals surface area contributed by atoms with Crippen molar-refractivity contribution in [1.29, 1.82) is 0 Å². The normalized spacial score (nSPS) is 11.2. The first-order chi connectivity index (χ1) is 11.8. The molecule has 0 unspecified atom stereocenters. The first-order valence-electron chi connectivity index (χ1n) is 8.82. The largest absolute Gasteiger partial charge is 0.397 e. The molecule has 4 nitrogen and oxygen atoms in total. The van der Waals surface area contributed by atoms with Crippen LogP contribution in [0.5, 0.6) is 0 Å². The van der Waals surface area contributed by atoms with Gasteiger partial charge in [0, 0.05) is 24.3 Å². The summed E-state index contributed by atoms with van der Waals surface area (Å²) in [4.78, 5) is 14.6. The SMILES string of the molecule is CCN(CC)c1ccc(NC(=O)c2ccc(C(C)(C)C)cc2)cc1N. The minimum Gasteiger partial charge on any atom is -0.397 e. The van der Waals surface area contributed by atoms with Crippen molar-refractivity contribution in [2.75, 3.05) is 29.0 Å². The van der Waals surface area contributed by atoms with Gasteiger partial charge in [-0.05, 0) is 55.2 Å². The maximum Gasteiger partial charge on any atom is 0.255 e. The van der Waals surface area contributed by atoms with Crippen LogP contribution in [-0.4, -0.2) is 19.0 Å². The zero-order chi connectivity index (χ0) is 18.6. The number of rotatable bonds is 5. The molecular weight excluding hydrogens is 310 g/mol. The molecule has 1 amide bonds. The predicted molar refractivity (Wildman–Crippen MR) is 108 cm³/mol. The molecule has 0 bridgehead atoms. The molecule has 25 heavy (non-hydrogen) atoms. The van der Waals surface area contributed by atoms with E-state index in [-0.39, 0.29) is 11.3 Å². The van der Waals surface area contributed by atoms with Gasteiger partial charge in [-0.25, -0.2) is 0 Å². The second-order valence-electron chi connectivity index (χ2n) is 7.23. The van der Waals surface area contributed by atoms with Gasteiger partial charge < -0.3 is 16.0 Å². The van der Waals surface area contributed by atoms with Crippen LogP contribution in [0, 0.1) is 0 Å². The molecule has 0 heterocycles. The summed E-state index contributed by atoms with van der Waals surface area (Å²) in [6.07, 6.45) is 0. The van der Waals surface area contributed by atoms with E-state index in [0.29, 0.717) is 16.9 Å². The number of hydrogen-bond donors (Lipinski definition) is 2. The fourth-order valence-electron chi connectivity index (χ4n) is 2.81. The maximum atomic E-state index is 12.5. The zero-order valence-corrected chi connectivity index (χ0v) is 15.9. The van der Waals surface area contributed by atoms with Gasteiger partial charge in [0.1, 0.15) is 0 Å². The van der Waals surface area contributed by atoms with Gasteiger partial charge in [-0.15, -0.1) is 0 Å². The number of benzene rings is 2. The summed E-state index contributed by atoms with van der Waals surface area (Å²) in [6, 6.07) is 13.4. The quantitative estimate of drug-likeness (QED) is 0.779. The van der Waals surface area contributed by atoms with Gasteiger partial charge >= 0.3 is 0 Å². The minimum atomic E-state index is -0.129. The van der Waals surface area contributed by atoms with Gasteiger partial charge in [0.05, 0.1) is 11.4 Å². The van der Waals surface area contributed by atoms with Crippen LogP contribution in [0.2, 0.25) is 0 Å². The number of nitrogens with two attached hydrogens (primary N) is 1. The number of nitrogens with one attached hydrogen (secondary N) is 1. The van der Waals surface area contributed by atoms with Gasteiger partial charge in [0.25, 0.3) is 5.91 Å². The number of carbonyl (C=O) groups excluding carboxylic acids is 1. The Morgan fingerprint density at radius 2 is 1.64 bits per heavy atom. The third-order valence-electron chi connectivity index (χ3n) is 4.40. The van der Waals surface area contributed by atoms with Crippen LogP contribution in [0.25, 0.3) is 0 Å². The third kappa shape index (κ3) is 4.53. The zero-order valence-electron chi connectivity index (χ0n) is 15.9. The van der Waals surface area contributed by atoms with Crippen LogP contribution in [0.1, 0.15) is 50.5 Å². The molecule has 0 fully saturated rings. The van der Waals surface area contributed by atoms with Crippen LogP contribution in [-0.2, 0) is 5.41 Å². The maximum absolute atomic E-state index is 12.5. The average Bonchev–Trinajstić information content (AvgIpc) is 2.57. The lowest BCUT2D eigenvalue weighted by molar-refractivity contribution is 0.102. The van der Waals surface area contributed by atoms with Crippen molar-refractivity contribution in [3.05, 3.63) is 53.6 Å². The minimum absolute atomic E-state index is 0.0731. The summed E-state index contributed by atoms with van der Waals surface area (Å²) in [5, 5.41) is 2.92. The molecule has 0 atom stereocenters. The second kappa shape index (κ2) is 7.60. The Bertz CT molecular complexity index is 726. The standard InChI is InChI=1S/C21H29N3O/c1-6-24(7-2)19-13-12-17(14-18(19)22)23-20(25)15-8-10-16(11-9-15)21(3,4)5/h8-14H,6-7,22H2,1-5H3,(H,23,25). The molecule has 0 radical (unpaired) electrons. The average molecular weight is 339 g/mol. The highest BCUT2D eigenvalue weighted by Crippen LogP contribution is 2.27. The molecule has 2 aromatic carbocycles. The highest BCUT2D eigenvalue weighted by molar-refractivity contribution is 6.04. The lowest BCUT2D eigenvalue weighted by Crippen LogP contribution is -2.23. The molecule has 4 heteroatoms. The summed E-state index contributed by atoms with van der Waals surface area (Å²) in [7, 11) is 0. The first-order valence-corrected chi connectivity index (χ1v) is 8.82. The summed E-state index contributed by atoms with van der Waals surface area (Å²) >= 11 is 0. The van der Waals surface area contributed by atoms with E-state index >= 15 is 0 Å². The number of nitrogen functional groups attached to an aromatic ring is 1. The van der Waals surface area contributed by atoms with Crippen molar-refractivity contribution in [3.63, 3.8) is 0 Å². The number of hydrogen-bond acceptors (Lipinski definition) is 3. The van der Waals surface area contributed by atoms with Gasteiger partial charge in [-0.1, -0.05) is 32.9 Å². The number of nitrogens with zero attached hydrogens (tertiary/aromatic N) is 1. The molecule has 0 spiro atoms. The first kappa shape index (κ1) is 18.8. The van der Waals surface area contributed by atoms with Crippen LogP contribution >= 0.6 is 0 Å². The van der Waals surface area contributed by atoms with E-state index in [1.54, 1.807) is 0 Å². The van der Waals surface area contributed by atoms with Crippen LogP contribution in [0.4, 0.5) is 17.1 Å². The van der Waals surface area contributed by atoms with E-state index in [1.165, 1.54) is 5.56 Å². The monoisotopic (exact) mass is 339 g/mol. The van der Waals surface area contributed by atoms with Crippen molar-refractivity contribution in [1.82, 2.24) is 0 Å². The fraction of sp³-hybridized carbons (Fsp3) is 0.381. The number of amides is 1. The van der Waals surface area contributed by atoms with E-state index in [0.717, 1.165) is 18.8 Å². The molecule has 0 saturated heterocycles. The van der Waals surface area contributed by atoms with Crippen molar-refractivity contribution in [2.24, 2.45) is 0 Å². The summed E-state index contributed by atoms with van der Waals surface area (Å²) < 4.78 is 0. The van der Waals surface area contributed by atoms with Crippen molar-refractivity contribution in [2.45, 2.75) is 40.0 Å². The van der Waals surface area contributed by atoms with Gasteiger partial charge in [0.2, 0.25) is 0 Å². The van der Waals surface area contributed by atoms with Crippen LogP contribution in [0.15, 0.2) is 42.5 Å². The summed E-state index contributed by atoms with van der Waals surface area (Å²) in [6.45, 7) is 12.5. The van der Waals surface area contributed by atoms with Gasteiger partial charge in [0.15, 0.2) is 0 Å². The topological polar surface area (TPSA) is 58.4 Å². The molecule has 0 saturated carbocycles. The fourth-order valence-corrected chi connectivity index (χ4v) is 2.81. The molecule has 3 N–H and O–H groups in total. The lowest BCUT2D eigenvalue weighted by Gasteiger charge is -2.23. The molecule has 0 aliphatic carbocycles. The van der Waals surface area contributed by atoms with E-state index in [2.05, 4.69) is 44.8 Å². The Labute approximate surface area is 151 Å². The van der Waals surface area contributed by atoms with Crippen LogP contribution in [0.3, 0.4) is 0 Å². The van der Waals surface area contributed by atoms with Crippen molar-refractivity contribution < 1.29 is 4.79 Å². The summed E-state index contributed by atoms with van der Waals surface area (Å²) in [5.41, 5.74) is 10.5. The van der Waals surface area contributed by atoms with Crippen LogP contribution < -0.4 is 16.0 Å². The smallest absolute Gasteiger partial charge is 0.255 e. The molecule has 2 rings (SSSR count). The predicted octanol–water partition coefficient (Wildman–Crippen LogP) is 4.66. The Morgan fingerprint density at radius 3 is 2.12 bits per heavy atom. The molecule has 134 valence electrons. The number of anilines is 3. The highest BCUT2D eigenvalue weighted by Gasteiger charge is 2.15. The molecule has 2 aromatic rings. The molecule has 0 aliphatic rings. The van der Waals surface area contributed by atoms with E-state index in [1.807, 2.05) is 42.5 Å². The molecular formula is C21H29N3O. The van der Waals surface area contributed by atoms with Gasteiger partial charge in [-0.2, -0.15) is 0 Å².